The molecule has 0 saturated carbocycles. The fourth-order valence-corrected chi connectivity index (χ4v) is 3.35. The Bertz CT molecular complexity index is 621. The second kappa shape index (κ2) is 8.32. The number of para-hydroxylation sites is 1. The molecule has 3 rings (SSSR count). The molecule has 1 heterocycles. The van der Waals surface area contributed by atoms with Gasteiger partial charge in [0.15, 0.2) is 0 Å². The van der Waals surface area contributed by atoms with Crippen LogP contribution in [0.1, 0.15) is 31.9 Å². The number of piperazine rings is 1. The van der Waals surface area contributed by atoms with Gasteiger partial charge in [0, 0.05) is 32.2 Å². The summed E-state index contributed by atoms with van der Waals surface area (Å²) in [6, 6.07) is 19.1. The van der Waals surface area contributed by atoms with E-state index in [2.05, 4.69) is 42.3 Å². The van der Waals surface area contributed by atoms with Crippen LogP contribution >= 0.6 is 0 Å². The molecule has 1 atom stereocenters. The molecule has 0 bridgehead atoms. The molecule has 0 amide bonds. The molecule has 1 aliphatic rings. The normalized spacial score (nSPS) is 17.0. The molecule has 1 N–H and O–H groups in total. The van der Waals surface area contributed by atoms with Gasteiger partial charge in [-0.2, -0.15) is 0 Å². The van der Waals surface area contributed by atoms with E-state index in [1.165, 1.54) is 12.0 Å². The fraction of sp³-hybridized carbons (Fsp3) is 0.429. The lowest BCUT2D eigenvalue weighted by Crippen LogP contribution is -2.45. The van der Waals surface area contributed by atoms with Crippen LogP contribution in [0, 0.1) is 5.92 Å². The Balaban J connectivity index is 1.80. The summed E-state index contributed by atoms with van der Waals surface area (Å²) in [5.74, 6) is 2.48. The number of benzene rings is 2. The first-order chi connectivity index (χ1) is 11.7. The number of hydrogen-bond acceptors (Lipinski definition) is 3. The maximum Gasteiger partial charge on any atom is 0.127 e. The van der Waals surface area contributed by atoms with Gasteiger partial charge in [-0.3, -0.25) is 4.90 Å². The summed E-state index contributed by atoms with van der Waals surface area (Å²) < 4.78 is 6.03. The predicted molar refractivity (Wildman–Crippen MR) is 99.6 cm³/mol. The Labute approximate surface area is 145 Å². The van der Waals surface area contributed by atoms with Gasteiger partial charge in [0.05, 0.1) is 0 Å². The smallest absolute Gasteiger partial charge is 0.127 e. The average molecular weight is 324 g/mol. The minimum Gasteiger partial charge on any atom is -0.457 e. The molecule has 3 heteroatoms. The summed E-state index contributed by atoms with van der Waals surface area (Å²) in [5.41, 5.74) is 1.36. The molecule has 0 aromatic heterocycles. The van der Waals surface area contributed by atoms with Crippen molar-refractivity contribution in [1.29, 1.82) is 0 Å². The van der Waals surface area contributed by atoms with E-state index < -0.39 is 0 Å². The minimum atomic E-state index is 0.464. The largest absolute Gasteiger partial charge is 0.457 e. The summed E-state index contributed by atoms with van der Waals surface area (Å²) >= 11 is 0. The van der Waals surface area contributed by atoms with Crippen LogP contribution in [-0.2, 0) is 0 Å². The molecular formula is C21H28N2O. The van der Waals surface area contributed by atoms with Crippen molar-refractivity contribution in [2.45, 2.75) is 26.3 Å². The van der Waals surface area contributed by atoms with E-state index in [1.807, 2.05) is 36.4 Å². The fourth-order valence-electron chi connectivity index (χ4n) is 3.35. The second-order valence-electron chi connectivity index (χ2n) is 6.92. The van der Waals surface area contributed by atoms with E-state index in [4.69, 9.17) is 4.74 Å². The monoisotopic (exact) mass is 324 g/mol. The molecule has 0 spiro atoms. The van der Waals surface area contributed by atoms with Crippen molar-refractivity contribution in [3.8, 4) is 11.5 Å². The van der Waals surface area contributed by atoms with E-state index in [0.717, 1.165) is 37.7 Å². The van der Waals surface area contributed by atoms with Crippen LogP contribution in [0.3, 0.4) is 0 Å². The van der Waals surface area contributed by atoms with Crippen molar-refractivity contribution < 1.29 is 4.74 Å². The molecule has 128 valence electrons. The molecule has 24 heavy (non-hydrogen) atoms. The number of rotatable bonds is 6. The highest BCUT2D eigenvalue weighted by atomic mass is 16.5. The first kappa shape index (κ1) is 17.0. The molecule has 0 radical (unpaired) electrons. The van der Waals surface area contributed by atoms with Crippen molar-refractivity contribution in [3.05, 3.63) is 60.2 Å². The summed E-state index contributed by atoms with van der Waals surface area (Å²) in [6.45, 7) is 8.99. The quantitative estimate of drug-likeness (QED) is 0.848. The van der Waals surface area contributed by atoms with Crippen molar-refractivity contribution >= 4 is 0 Å². The van der Waals surface area contributed by atoms with Gasteiger partial charge in [-0.05, 0) is 42.2 Å². The van der Waals surface area contributed by atoms with Crippen LogP contribution in [0.25, 0.3) is 0 Å². The van der Waals surface area contributed by atoms with Gasteiger partial charge in [0.1, 0.15) is 11.5 Å². The predicted octanol–water partition coefficient (Wildman–Crippen LogP) is 4.47. The lowest BCUT2D eigenvalue weighted by atomic mass is 9.95. The van der Waals surface area contributed by atoms with Crippen LogP contribution in [-0.4, -0.2) is 31.1 Å². The highest BCUT2D eigenvalue weighted by molar-refractivity contribution is 5.35. The Hall–Kier alpha value is -1.84. The van der Waals surface area contributed by atoms with Crippen molar-refractivity contribution in [2.75, 3.05) is 26.2 Å². The van der Waals surface area contributed by atoms with E-state index in [1.54, 1.807) is 0 Å². The van der Waals surface area contributed by atoms with Crippen molar-refractivity contribution in [1.82, 2.24) is 10.2 Å². The zero-order valence-corrected chi connectivity index (χ0v) is 14.7. The number of nitrogens with zero attached hydrogens (tertiary/aromatic N) is 1. The number of nitrogens with one attached hydrogen (secondary N) is 1. The summed E-state index contributed by atoms with van der Waals surface area (Å²) in [6.07, 6.45) is 1.18. The van der Waals surface area contributed by atoms with Gasteiger partial charge in [-0.1, -0.05) is 44.2 Å². The number of hydrogen-bond donors (Lipinski definition) is 1. The molecule has 0 aliphatic carbocycles. The molecule has 0 unspecified atom stereocenters. The lowest BCUT2D eigenvalue weighted by molar-refractivity contribution is 0.154. The lowest BCUT2D eigenvalue weighted by Gasteiger charge is -2.36. The van der Waals surface area contributed by atoms with Crippen LogP contribution in [0.4, 0.5) is 0 Å². The van der Waals surface area contributed by atoms with E-state index in [9.17, 15) is 0 Å². The molecule has 1 fully saturated rings. The summed E-state index contributed by atoms with van der Waals surface area (Å²) in [5, 5.41) is 3.45. The van der Waals surface area contributed by atoms with Gasteiger partial charge < -0.3 is 10.1 Å². The van der Waals surface area contributed by atoms with Gasteiger partial charge in [0.25, 0.3) is 0 Å². The van der Waals surface area contributed by atoms with Crippen molar-refractivity contribution in [3.63, 3.8) is 0 Å². The molecule has 2 aromatic rings. The highest BCUT2D eigenvalue weighted by Gasteiger charge is 2.23. The van der Waals surface area contributed by atoms with E-state index in [0.29, 0.717) is 12.0 Å². The third-order valence-corrected chi connectivity index (χ3v) is 4.51. The molecular weight excluding hydrogens is 296 g/mol. The van der Waals surface area contributed by atoms with Gasteiger partial charge >= 0.3 is 0 Å². The molecule has 2 aromatic carbocycles. The van der Waals surface area contributed by atoms with Crippen LogP contribution in [0.2, 0.25) is 0 Å². The van der Waals surface area contributed by atoms with Gasteiger partial charge in [0.2, 0.25) is 0 Å². The Morgan fingerprint density at radius 1 is 0.958 bits per heavy atom. The third kappa shape index (κ3) is 4.59. The van der Waals surface area contributed by atoms with E-state index in [-0.39, 0.29) is 0 Å². The zero-order chi connectivity index (χ0) is 16.8. The molecule has 3 nitrogen and oxygen atoms in total. The first-order valence-electron chi connectivity index (χ1n) is 9.00. The highest BCUT2D eigenvalue weighted by Crippen LogP contribution is 2.31. The third-order valence-electron chi connectivity index (χ3n) is 4.51. The summed E-state index contributed by atoms with van der Waals surface area (Å²) in [4.78, 5) is 2.61. The zero-order valence-electron chi connectivity index (χ0n) is 14.7. The van der Waals surface area contributed by atoms with Gasteiger partial charge in [-0.25, -0.2) is 0 Å². The van der Waals surface area contributed by atoms with E-state index >= 15 is 0 Å². The summed E-state index contributed by atoms with van der Waals surface area (Å²) in [7, 11) is 0. The second-order valence-corrected chi connectivity index (χ2v) is 6.92. The maximum absolute atomic E-state index is 6.03. The van der Waals surface area contributed by atoms with Gasteiger partial charge in [-0.15, -0.1) is 0 Å². The molecule has 1 saturated heterocycles. The first-order valence-corrected chi connectivity index (χ1v) is 9.00. The Kier molecular flexibility index (Phi) is 5.89. The maximum atomic E-state index is 6.03. The SMILES string of the molecule is CC(C)C[C@@H](c1cccc(Oc2ccccc2)c1)N1CCNCC1. The standard InChI is InChI=1S/C21H28N2O/c1-17(2)15-21(23-13-11-22-12-14-23)18-7-6-10-20(16-18)24-19-8-4-3-5-9-19/h3-10,16-17,21-22H,11-15H2,1-2H3/t21-/m0/s1. The minimum absolute atomic E-state index is 0.464. The van der Waals surface area contributed by atoms with Crippen molar-refractivity contribution in [2.24, 2.45) is 5.92 Å². The van der Waals surface area contributed by atoms with Crippen LogP contribution < -0.4 is 10.1 Å². The molecule has 1 aliphatic heterocycles. The average Bonchev–Trinajstić information content (AvgIpc) is 2.61. The Morgan fingerprint density at radius 2 is 1.67 bits per heavy atom. The number of ether oxygens (including phenoxy) is 1. The Morgan fingerprint density at radius 3 is 2.38 bits per heavy atom. The van der Waals surface area contributed by atoms with Crippen LogP contribution in [0.15, 0.2) is 54.6 Å². The van der Waals surface area contributed by atoms with Crippen LogP contribution in [0.5, 0.6) is 11.5 Å². The topological polar surface area (TPSA) is 24.5 Å².